The van der Waals surface area contributed by atoms with Crippen LogP contribution < -0.4 is 10.6 Å². The molecule has 5 nitrogen and oxygen atoms in total. The number of amides is 2. The van der Waals surface area contributed by atoms with Gasteiger partial charge in [0.05, 0.1) is 12.1 Å². The lowest BCUT2D eigenvalue weighted by molar-refractivity contribution is -0.126. The molecule has 0 bridgehead atoms. The Labute approximate surface area is 89.2 Å². The first kappa shape index (κ1) is 10.4. The number of carbonyl (C=O) groups is 2. The highest BCUT2D eigenvalue weighted by molar-refractivity contribution is 5.84. The number of rotatable bonds is 2. The largest absolute Gasteiger partial charge is 0.350 e. The zero-order valence-corrected chi connectivity index (χ0v) is 8.95. The maximum absolute atomic E-state index is 11.7. The van der Waals surface area contributed by atoms with Crippen LogP contribution in [0.25, 0.3) is 0 Å². The molecule has 5 heteroatoms. The summed E-state index contributed by atoms with van der Waals surface area (Å²) in [4.78, 5) is 24.6. The standard InChI is InChI=1S/C10H17N3O2/c1-13-6-7(5-9(13)14)12-10(15)8-3-2-4-11-8/h7-8,11H,2-6H2,1H3,(H,12,15). The fraction of sp³-hybridized carbons (Fsp3) is 0.800. The molecule has 0 spiro atoms. The fourth-order valence-corrected chi connectivity index (χ4v) is 2.17. The van der Waals surface area contributed by atoms with Crippen LogP contribution in [0.15, 0.2) is 0 Å². The van der Waals surface area contributed by atoms with Crippen LogP contribution in [-0.2, 0) is 9.59 Å². The van der Waals surface area contributed by atoms with Crippen molar-refractivity contribution in [3.05, 3.63) is 0 Å². The van der Waals surface area contributed by atoms with Gasteiger partial charge >= 0.3 is 0 Å². The summed E-state index contributed by atoms with van der Waals surface area (Å²) in [5.74, 6) is 0.153. The van der Waals surface area contributed by atoms with Crippen LogP contribution in [0.5, 0.6) is 0 Å². The lowest BCUT2D eigenvalue weighted by Crippen LogP contribution is -2.45. The molecule has 2 N–H and O–H groups in total. The van der Waals surface area contributed by atoms with Crippen molar-refractivity contribution < 1.29 is 9.59 Å². The molecule has 2 rings (SSSR count). The molecule has 0 radical (unpaired) electrons. The summed E-state index contributed by atoms with van der Waals surface area (Å²) in [5.41, 5.74) is 0. The van der Waals surface area contributed by atoms with Crippen LogP contribution in [0, 0.1) is 0 Å². The smallest absolute Gasteiger partial charge is 0.237 e. The molecule has 2 fully saturated rings. The number of likely N-dealkylation sites (N-methyl/N-ethyl adjacent to an activating group) is 1. The Morgan fingerprint density at radius 2 is 2.40 bits per heavy atom. The van der Waals surface area contributed by atoms with Crippen molar-refractivity contribution >= 4 is 11.8 Å². The third-order valence-electron chi connectivity index (χ3n) is 3.06. The van der Waals surface area contributed by atoms with Gasteiger partial charge in [-0.3, -0.25) is 9.59 Å². The average molecular weight is 211 g/mol. The Hall–Kier alpha value is -1.10. The maximum Gasteiger partial charge on any atom is 0.237 e. The van der Waals surface area contributed by atoms with E-state index in [0.29, 0.717) is 13.0 Å². The van der Waals surface area contributed by atoms with E-state index in [1.807, 2.05) is 0 Å². The Balaban J connectivity index is 1.82. The SMILES string of the molecule is CN1CC(NC(=O)C2CCCN2)CC1=O. The number of nitrogens with one attached hydrogen (secondary N) is 2. The molecule has 0 aromatic rings. The second kappa shape index (κ2) is 4.18. The van der Waals surface area contributed by atoms with Crippen molar-refractivity contribution in [3.63, 3.8) is 0 Å². The Morgan fingerprint density at radius 1 is 1.60 bits per heavy atom. The van der Waals surface area contributed by atoms with E-state index in [2.05, 4.69) is 10.6 Å². The van der Waals surface area contributed by atoms with Gasteiger partial charge in [-0.05, 0) is 19.4 Å². The van der Waals surface area contributed by atoms with E-state index in [1.54, 1.807) is 11.9 Å². The molecule has 2 amide bonds. The van der Waals surface area contributed by atoms with E-state index in [9.17, 15) is 9.59 Å². The van der Waals surface area contributed by atoms with Gasteiger partial charge in [0.15, 0.2) is 0 Å². The van der Waals surface area contributed by atoms with Crippen molar-refractivity contribution in [1.29, 1.82) is 0 Å². The van der Waals surface area contributed by atoms with E-state index >= 15 is 0 Å². The third kappa shape index (κ3) is 2.28. The average Bonchev–Trinajstić information content (AvgIpc) is 2.77. The molecule has 2 saturated heterocycles. The van der Waals surface area contributed by atoms with Gasteiger partial charge in [-0.15, -0.1) is 0 Å². The number of nitrogens with zero attached hydrogens (tertiary/aromatic N) is 1. The van der Waals surface area contributed by atoms with E-state index in [1.165, 1.54) is 0 Å². The molecule has 0 aromatic heterocycles. The first-order valence-electron chi connectivity index (χ1n) is 5.44. The van der Waals surface area contributed by atoms with Crippen molar-refractivity contribution in [3.8, 4) is 0 Å². The normalized spacial score (nSPS) is 31.0. The molecule has 2 aliphatic heterocycles. The van der Waals surface area contributed by atoms with Crippen molar-refractivity contribution in [2.45, 2.75) is 31.3 Å². The van der Waals surface area contributed by atoms with Crippen LogP contribution in [0.1, 0.15) is 19.3 Å². The summed E-state index contributed by atoms with van der Waals surface area (Å²) in [6.45, 7) is 1.55. The molecular formula is C10H17N3O2. The summed E-state index contributed by atoms with van der Waals surface area (Å²) in [7, 11) is 1.77. The number of carbonyl (C=O) groups excluding carboxylic acids is 2. The van der Waals surface area contributed by atoms with Gasteiger partial charge < -0.3 is 15.5 Å². The zero-order chi connectivity index (χ0) is 10.8. The van der Waals surface area contributed by atoms with Crippen LogP contribution in [0.4, 0.5) is 0 Å². The fourth-order valence-electron chi connectivity index (χ4n) is 2.17. The predicted octanol–water partition coefficient (Wildman–Crippen LogP) is -0.915. The van der Waals surface area contributed by atoms with E-state index in [0.717, 1.165) is 19.4 Å². The summed E-state index contributed by atoms with van der Waals surface area (Å²) in [6, 6.07) is -0.0524. The zero-order valence-electron chi connectivity index (χ0n) is 8.95. The minimum absolute atomic E-state index is 0.00241. The summed E-state index contributed by atoms with van der Waals surface area (Å²) < 4.78 is 0. The van der Waals surface area contributed by atoms with Gasteiger partial charge in [0, 0.05) is 20.0 Å². The molecule has 2 aliphatic rings. The molecular weight excluding hydrogens is 194 g/mol. The molecule has 84 valence electrons. The van der Waals surface area contributed by atoms with E-state index in [-0.39, 0.29) is 23.9 Å². The summed E-state index contributed by atoms with van der Waals surface area (Å²) >= 11 is 0. The molecule has 0 aliphatic carbocycles. The quantitative estimate of drug-likeness (QED) is 0.621. The van der Waals surface area contributed by atoms with Gasteiger partial charge in [0.25, 0.3) is 0 Å². The van der Waals surface area contributed by atoms with Gasteiger partial charge in [-0.1, -0.05) is 0 Å². The lowest BCUT2D eigenvalue weighted by atomic mass is 10.2. The molecule has 15 heavy (non-hydrogen) atoms. The van der Waals surface area contributed by atoms with Crippen molar-refractivity contribution in [2.75, 3.05) is 20.1 Å². The van der Waals surface area contributed by atoms with Crippen LogP contribution in [0.2, 0.25) is 0 Å². The molecule has 2 heterocycles. The first-order chi connectivity index (χ1) is 7.16. The Bertz CT molecular complexity index is 274. The Morgan fingerprint density at radius 3 is 2.93 bits per heavy atom. The Kier molecular flexibility index (Phi) is 2.90. The second-order valence-corrected chi connectivity index (χ2v) is 4.33. The number of hydrogen-bond acceptors (Lipinski definition) is 3. The minimum atomic E-state index is -0.0500. The monoisotopic (exact) mass is 211 g/mol. The van der Waals surface area contributed by atoms with Crippen LogP contribution in [0.3, 0.4) is 0 Å². The molecule has 0 saturated carbocycles. The van der Waals surface area contributed by atoms with Crippen LogP contribution >= 0.6 is 0 Å². The highest BCUT2D eigenvalue weighted by atomic mass is 16.2. The molecule has 2 unspecified atom stereocenters. The van der Waals surface area contributed by atoms with Gasteiger partial charge in [0.1, 0.15) is 0 Å². The number of likely N-dealkylation sites (tertiary alicyclic amines) is 1. The van der Waals surface area contributed by atoms with Gasteiger partial charge in [-0.25, -0.2) is 0 Å². The molecule has 2 atom stereocenters. The summed E-state index contributed by atoms with van der Waals surface area (Å²) in [6.07, 6.45) is 2.40. The number of hydrogen-bond donors (Lipinski definition) is 2. The minimum Gasteiger partial charge on any atom is -0.350 e. The predicted molar refractivity (Wildman–Crippen MR) is 55.2 cm³/mol. The topological polar surface area (TPSA) is 61.4 Å². The van der Waals surface area contributed by atoms with E-state index < -0.39 is 0 Å². The first-order valence-corrected chi connectivity index (χ1v) is 5.44. The third-order valence-corrected chi connectivity index (χ3v) is 3.06. The van der Waals surface area contributed by atoms with Crippen molar-refractivity contribution in [2.24, 2.45) is 0 Å². The van der Waals surface area contributed by atoms with Gasteiger partial charge in [-0.2, -0.15) is 0 Å². The summed E-state index contributed by atoms with van der Waals surface area (Å²) in [5, 5.41) is 6.06. The van der Waals surface area contributed by atoms with Crippen LogP contribution in [-0.4, -0.2) is 48.9 Å². The highest BCUT2D eigenvalue weighted by Crippen LogP contribution is 2.10. The lowest BCUT2D eigenvalue weighted by Gasteiger charge is -2.15. The molecule has 0 aromatic carbocycles. The second-order valence-electron chi connectivity index (χ2n) is 4.33. The highest BCUT2D eigenvalue weighted by Gasteiger charge is 2.30. The van der Waals surface area contributed by atoms with Gasteiger partial charge in [0.2, 0.25) is 11.8 Å². The van der Waals surface area contributed by atoms with E-state index in [4.69, 9.17) is 0 Å². The maximum atomic E-state index is 11.7. The van der Waals surface area contributed by atoms with Crippen molar-refractivity contribution in [1.82, 2.24) is 15.5 Å².